The van der Waals surface area contributed by atoms with Crippen LogP contribution in [0.5, 0.6) is 0 Å². The number of sulfonamides is 1. The van der Waals surface area contributed by atoms with E-state index < -0.39 is 26.6 Å². The van der Waals surface area contributed by atoms with Gasteiger partial charge >= 0.3 is 0 Å². The SMILES string of the molecule is O=C(c1cccc2ncccc12)N1CCN(S(=O)(=O)c2ccc(F)cc2F)CC1. The summed E-state index contributed by atoms with van der Waals surface area (Å²) in [5.41, 5.74) is 1.20. The molecule has 1 aromatic heterocycles. The molecule has 29 heavy (non-hydrogen) atoms. The van der Waals surface area contributed by atoms with Crippen LogP contribution in [0.1, 0.15) is 10.4 Å². The Labute approximate surface area is 166 Å². The standard InChI is InChI=1S/C20H17F2N3O3S/c21-14-6-7-19(17(22)13-14)29(27,28)25-11-9-24(10-12-25)20(26)16-3-1-5-18-15(16)4-2-8-23-18/h1-8,13H,9-12H2. The number of fused-ring (bicyclic) bond motifs is 1. The van der Waals surface area contributed by atoms with Crippen molar-refractivity contribution in [2.75, 3.05) is 26.2 Å². The fourth-order valence-electron chi connectivity index (χ4n) is 3.42. The Morgan fingerprint density at radius 2 is 1.72 bits per heavy atom. The van der Waals surface area contributed by atoms with Crippen LogP contribution < -0.4 is 0 Å². The van der Waals surface area contributed by atoms with E-state index >= 15 is 0 Å². The predicted octanol–water partition coefficient (Wildman–Crippen LogP) is 2.66. The number of nitrogens with zero attached hydrogens (tertiary/aromatic N) is 3. The van der Waals surface area contributed by atoms with Gasteiger partial charge in [-0.05, 0) is 30.3 Å². The van der Waals surface area contributed by atoms with Crippen LogP contribution in [-0.2, 0) is 10.0 Å². The second-order valence-electron chi connectivity index (χ2n) is 6.65. The van der Waals surface area contributed by atoms with Gasteiger partial charge in [-0.15, -0.1) is 0 Å². The first-order valence-electron chi connectivity index (χ1n) is 8.96. The highest BCUT2D eigenvalue weighted by atomic mass is 32.2. The first-order valence-corrected chi connectivity index (χ1v) is 10.4. The molecule has 4 rings (SSSR count). The lowest BCUT2D eigenvalue weighted by molar-refractivity contribution is 0.0699. The monoisotopic (exact) mass is 417 g/mol. The molecule has 9 heteroatoms. The summed E-state index contributed by atoms with van der Waals surface area (Å²) in [5.74, 6) is -2.19. The number of carbonyl (C=O) groups excluding carboxylic acids is 1. The Kier molecular flexibility index (Phi) is 5.01. The number of amides is 1. The minimum atomic E-state index is -4.11. The minimum Gasteiger partial charge on any atom is -0.336 e. The van der Waals surface area contributed by atoms with Gasteiger partial charge in [0.25, 0.3) is 5.91 Å². The van der Waals surface area contributed by atoms with Gasteiger partial charge in [-0.3, -0.25) is 9.78 Å². The molecule has 0 bridgehead atoms. The average molecular weight is 417 g/mol. The van der Waals surface area contributed by atoms with Crippen LogP contribution in [0, 0.1) is 11.6 Å². The normalized spacial score (nSPS) is 15.6. The summed E-state index contributed by atoms with van der Waals surface area (Å²) in [5, 5.41) is 0.725. The molecule has 1 saturated heterocycles. The van der Waals surface area contributed by atoms with Crippen molar-refractivity contribution in [1.82, 2.24) is 14.2 Å². The highest BCUT2D eigenvalue weighted by molar-refractivity contribution is 7.89. The van der Waals surface area contributed by atoms with Crippen LogP contribution in [0.15, 0.2) is 59.6 Å². The zero-order valence-electron chi connectivity index (χ0n) is 15.3. The lowest BCUT2D eigenvalue weighted by Crippen LogP contribution is -2.50. The van der Waals surface area contributed by atoms with Gasteiger partial charge in [-0.2, -0.15) is 4.31 Å². The molecule has 0 saturated carbocycles. The quantitative estimate of drug-likeness (QED) is 0.657. The molecule has 0 atom stereocenters. The van der Waals surface area contributed by atoms with Crippen molar-refractivity contribution < 1.29 is 22.0 Å². The summed E-state index contributed by atoms with van der Waals surface area (Å²) in [6.45, 7) is 0.372. The lowest BCUT2D eigenvalue weighted by atomic mass is 10.1. The highest BCUT2D eigenvalue weighted by Gasteiger charge is 2.32. The Morgan fingerprint density at radius 3 is 2.45 bits per heavy atom. The summed E-state index contributed by atoms with van der Waals surface area (Å²) in [6.07, 6.45) is 1.65. The van der Waals surface area contributed by atoms with Crippen LogP contribution >= 0.6 is 0 Å². The van der Waals surface area contributed by atoms with Crippen LogP contribution in [0.4, 0.5) is 8.78 Å². The molecule has 1 aliphatic heterocycles. The van der Waals surface area contributed by atoms with E-state index in [1.807, 2.05) is 12.1 Å². The Morgan fingerprint density at radius 1 is 0.966 bits per heavy atom. The number of rotatable bonds is 3. The maximum Gasteiger partial charge on any atom is 0.254 e. The van der Waals surface area contributed by atoms with Gasteiger partial charge in [-0.1, -0.05) is 12.1 Å². The van der Waals surface area contributed by atoms with Crippen molar-refractivity contribution in [1.29, 1.82) is 0 Å². The zero-order chi connectivity index (χ0) is 20.6. The molecule has 0 aliphatic carbocycles. The fourth-order valence-corrected chi connectivity index (χ4v) is 4.88. The van der Waals surface area contributed by atoms with Crippen LogP contribution in [0.3, 0.4) is 0 Å². The first kappa shape index (κ1) is 19.4. The van der Waals surface area contributed by atoms with Crippen molar-refractivity contribution in [3.63, 3.8) is 0 Å². The van der Waals surface area contributed by atoms with Gasteiger partial charge in [0.05, 0.1) is 5.52 Å². The molecular formula is C20H17F2N3O3S. The van der Waals surface area contributed by atoms with Crippen LogP contribution in [-0.4, -0.2) is 54.7 Å². The molecule has 1 aliphatic rings. The third-order valence-electron chi connectivity index (χ3n) is 4.91. The molecular weight excluding hydrogens is 400 g/mol. The molecule has 2 heterocycles. The molecule has 0 spiro atoms. The largest absolute Gasteiger partial charge is 0.336 e. The van der Waals surface area contributed by atoms with E-state index in [-0.39, 0.29) is 32.1 Å². The second-order valence-corrected chi connectivity index (χ2v) is 8.55. The topological polar surface area (TPSA) is 70.6 Å². The number of piperazine rings is 1. The number of pyridine rings is 1. The van der Waals surface area contributed by atoms with E-state index in [2.05, 4.69) is 4.98 Å². The van der Waals surface area contributed by atoms with E-state index in [1.54, 1.807) is 29.3 Å². The minimum absolute atomic E-state index is 0.0217. The molecule has 0 unspecified atom stereocenters. The third kappa shape index (κ3) is 3.58. The molecule has 6 nitrogen and oxygen atoms in total. The molecule has 0 N–H and O–H groups in total. The van der Waals surface area contributed by atoms with Crippen LogP contribution in [0.25, 0.3) is 10.9 Å². The average Bonchev–Trinajstić information content (AvgIpc) is 2.72. The van der Waals surface area contributed by atoms with Gasteiger partial charge < -0.3 is 4.90 Å². The molecule has 1 amide bonds. The van der Waals surface area contributed by atoms with E-state index in [4.69, 9.17) is 0 Å². The van der Waals surface area contributed by atoms with Crippen LogP contribution in [0.2, 0.25) is 0 Å². The first-order chi connectivity index (χ1) is 13.9. The van der Waals surface area contributed by atoms with Crippen molar-refractivity contribution in [2.24, 2.45) is 0 Å². The number of benzene rings is 2. The number of hydrogen-bond acceptors (Lipinski definition) is 4. The number of hydrogen-bond donors (Lipinski definition) is 0. The zero-order valence-corrected chi connectivity index (χ0v) is 16.1. The summed E-state index contributed by atoms with van der Waals surface area (Å²) in [7, 11) is -4.11. The van der Waals surface area contributed by atoms with Gasteiger partial charge in [0, 0.05) is 49.4 Å². The van der Waals surface area contributed by atoms with Gasteiger partial charge in [-0.25, -0.2) is 17.2 Å². The van der Waals surface area contributed by atoms with Crippen molar-refractivity contribution in [3.05, 3.63) is 71.9 Å². The number of carbonyl (C=O) groups is 1. The maximum atomic E-state index is 14.0. The molecule has 2 aromatic carbocycles. The highest BCUT2D eigenvalue weighted by Crippen LogP contribution is 2.23. The maximum absolute atomic E-state index is 14.0. The van der Waals surface area contributed by atoms with Crippen molar-refractivity contribution in [3.8, 4) is 0 Å². The summed E-state index contributed by atoms with van der Waals surface area (Å²) in [4.78, 5) is 18.2. The molecule has 150 valence electrons. The lowest BCUT2D eigenvalue weighted by Gasteiger charge is -2.34. The molecule has 1 fully saturated rings. The Bertz CT molecular complexity index is 1190. The summed E-state index contributed by atoms with van der Waals surface area (Å²) in [6, 6.07) is 11.2. The fraction of sp³-hybridized carbons (Fsp3) is 0.200. The third-order valence-corrected chi connectivity index (χ3v) is 6.85. The summed E-state index contributed by atoms with van der Waals surface area (Å²) < 4.78 is 53.5. The van der Waals surface area contributed by atoms with Crippen molar-refractivity contribution in [2.45, 2.75) is 4.90 Å². The Balaban J connectivity index is 1.52. The second kappa shape index (κ2) is 7.49. The Hall–Kier alpha value is -2.91. The van der Waals surface area contributed by atoms with E-state index in [9.17, 15) is 22.0 Å². The predicted molar refractivity (Wildman–Crippen MR) is 103 cm³/mol. The van der Waals surface area contributed by atoms with E-state index in [0.29, 0.717) is 17.1 Å². The molecule has 3 aromatic rings. The van der Waals surface area contributed by atoms with Gasteiger partial charge in [0.15, 0.2) is 0 Å². The van der Waals surface area contributed by atoms with Gasteiger partial charge in [0.1, 0.15) is 16.5 Å². The van der Waals surface area contributed by atoms with Gasteiger partial charge in [0.2, 0.25) is 10.0 Å². The number of aromatic nitrogens is 1. The smallest absolute Gasteiger partial charge is 0.254 e. The molecule has 0 radical (unpaired) electrons. The van der Waals surface area contributed by atoms with Crippen molar-refractivity contribution >= 4 is 26.8 Å². The summed E-state index contributed by atoms with van der Waals surface area (Å²) >= 11 is 0. The van der Waals surface area contributed by atoms with E-state index in [1.165, 1.54) is 0 Å². The number of halogens is 2. The van der Waals surface area contributed by atoms with E-state index in [0.717, 1.165) is 21.8 Å².